The zero-order valence-corrected chi connectivity index (χ0v) is 9.86. The predicted octanol–water partition coefficient (Wildman–Crippen LogP) is 1.34. The predicted molar refractivity (Wildman–Crippen MR) is 65.5 cm³/mol. The lowest BCUT2D eigenvalue weighted by atomic mass is 9.99. The van der Waals surface area contributed by atoms with Gasteiger partial charge in [-0.05, 0) is 36.1 Å². The van der Waals surface area contributed by atoms with E-state index in [1.807, 2.05) is 13.1 Å². The van der Waals surface area contributed by atoms with Crippen LogP contribution in [0.2, 0.25) is 0 Å². The van der Waals surface area contributed by atoms with E-state index in [1.165, 1.54) is 5.56 Å². The van der Waals surface area contributed by atoms with Gasteiger partial charge in [0.1, 0.15) is 0 Å². The molecule has 1 atom stereocenters. The van der Waals surface area contributed by atoms with Crippen molar-refractivity contribution in [3.63, 3.8) is 0 Å². The van der Waals surface area contributed by atoms with Crippen LogP contribution >= 0.6 is 0 Å². The molecule has 86 valence electrons. The van der Waals surface area contributed by atoms with Crippen LogP contribution in [0.1, 0.15) is 18.1 Å². The van der Waals surface area contributed by atoms with Gasteiger partial charge in [-0.25, -0.2) is 0 Å². The van der Waals surface area contributed by atoms with E-state index < -0.39 is 0 Å². The Morgan fingerprint density at radius 1 is 1.50 bits per heavy atom. The number of nitrogens with zero attached hydrogens (tertiary/aromatic N) is 1. The Balaban J connectivity index is 2.22. The Morgan fingerprint density at radius 3 is 2.94 bits per heavy atom. The van der Waals surface area contributed by atoms with Crippen molar-refractivity contribution in [1.82, 2.24) is 0 Å². The van der Waals surface area contributed by atoms with Gasteiger partial charge < -0.3 is 10.6 Å². The van der Waals surface area contributed by atoms with Gasteiger partial charge in [0.15, 0.2) is 0 Å². The van der Waals surface area contributed by atoms with E-state index in [-0.39, 0.29) is 5.91 Å². The van der Waals surface area contributed by atoms with E-state index in [2.05, 4.69) is 19.1 Å². The van der Waals surface area contributed by atoms with E-state index in [4.69, 9.17) is 5.73 Å². The van der Waals surface area contributed by atoms with Crippen LogP contribution in [0.3, 0.4) is 0 Å². The summed E-state index contributed by atoms with van der Waals surface area (Å²) in [6.45, 7) is 2.85. The van der Waals surface area contributed by atoms with Gasteiger partial charge in [0, 0.05) is 12.7 Å². The maximum absolute atomic E-state index is 11.5. The first-order chi connectivity index (χ1) is 7.61. The molecule has 0 saturated carbocycles. The molecule has 3 heteroatoms. The molecule has 2 N–H and O–H groups in total. The Morgan fingerprint density at radius 2 is 2.25 bits per heavy atom. The van der Waals surface area contributed by atoms with E-state index >= 15 is 0 Å². The van der Waals surface area contributed by atoms with E-state index in [0.717, 1.165) is 17.7 Å². The van der Waals surface area contributed by atoms with E-state index in [0.29, 0.717) is 18.9 Å². The van der Waals surface area contributed by atoms with Crippen LogP contribution in [0, 0.1) is 5.92 Å². The molecule has 1 aliphatic rings. The molecule has 1 amide bonds. The second kappa shape index (κ2) is 4.26. The highest BCUT2D eigenvalue weighted by molar-refractivity contribution is 6.00. The molecule has 0 spiro atoms. The summed E-state index contributed by atoms with van der Waals surface area (Å²) in [6.07, 6.45) is 1.53. The summed E-state index contributed by atoms with van der Waals surface area (Å²) in [5.41, 5.74) is 9.09. The highest BCUT2D eigenvalue weighted by Crippen LogP contribution is 2.28. The second-order valence-corrected chi connectivity index (χ2v) is 4.64. The Bertz CT molecular complexity index is 414. The van der Waals surface area contributed by atoms with Gasteiger partial charge in [-0.3, -0.25) is 4.79 Å². The fourth-order valence-corrected chi connectivity index (χ4v) is 2.14. The van der Waals surface area contributed by atoms with Crippen molar-refractivity contribution in [2.24, 2.45) is 11.7 Å². The summed E-state index contributed by atoms with van der Waals surface area (Å²) in [6, 6.07) is 6.28. The van der Waals surface area contributed by atoms with Crippen molar-refractivity contribution in [1.29, 1.82) is 0 Å². The Kier molecular flexibility index (Phi) is 2.97. The molecule has 1 unspecified atom stereocenters. The van der Waals surface area contributed by atoms with Crippen LogP contribution in [0.15, 0.2) is 18.2 Å². The summed E-state index contributed by atoms with van der Waals surface area (Å²) in [7, 11) is 1.83. The molecule has 1 aromatic carbocycles. The van der Waals surface area contributed by atoms with E-state index in [1.54, 1.807) is 4.90 Å². The number of hydrogen-bond donors (Lipinski definition) is 1. The third-order valence-electron chi connectivity index (χ3n) is 3.21. The topological polar surface area (TPSA) is 46.3 Å². The number of carbonyl (C=O) groups is 1. The zero-order chi connectivity index (χ0) is 11.7. The zero-order valence-electron chi connectivity index (χ0n) is 9.86. The fourth-order valence-electron chi connectivity index (χ4n) is 2.14. The summed E-state index contributed by atoms with van der Waals surface area (Å²) < 4.78 is 0. The second-order valence-electron chi connectivity index (χ2n) is 4.64. The minimum Gasteiger partial charge on any atom is -0.330 e. The minimum absolute atomic E-state index is 0.180. The largest absolute Gasteiger partial charge is 0.330 e. The van der Waals surface area contributed by atoms with Gasteiger partial charge in [-0.1, -0.05) is 19.1 Å². The number of amides is 1. The highest BCUT2D eigenvalue weighted by Gasteiger charge is 2.23. The first-order valence-corrected chi connectivity index (χ1v) is 5.70. The SMILES string of the molecule is CC(CN)Cc1ccc2c(c1)CC(=O)N2C. The van der Waals surface area contributed by atoms with Gasteiger partial charge in [0.2, 0.25) is 5.91 Å². The van der Waals surface area contributed by atoms with Crippen molar-refractivity contribution in [3.05, 3.63) is 29.3 Å². The van der Waals surface area contributed by atoms with Crippen LogP contribution in [0.4, 0.5) is 5.69 Å². The van der Waals surface area contributed by atoms with Crippen molar-refractivity contribution >= 4 is 11.6 Å². The summed E-state index contributed by atoms with van der Waals surface area (Å²) >= 11 is 0. The lowest BCUT2D eigenvalue weighted by molar-refractivity contribution is -0.117. The Hall–Kier alpha value is -1.35. The summed E-state index contributed by atoms with van der Waals surface area (Å²) in [5, 5.41) is 0. The van der Waals surface area contributed by atoms with Gasteiger partial charge in [-0.15, -0.1) is 0 Å². The summed E-state index contributed by atoms with van der Waals surface area (Å²) in [5.74, 6) is 0.673. The quantitative estimate of drug-likeness (QED) is 0.832. The highest BCUT2D eigenvalue weighted by atomic mass is 16.2. The third kappa shape index (κ3) is 1.95. The number of anilines is 1. The molecule has 16 heavy (non-hydrogen) atoms. The van der Waals surface area contributed by atoms with Crippen molar-refractivity contribution in [2.45, 2.75) is 19.8 Å². The van der Waals surface area contributed by atoms with Crippen molar-refractivity contribution in [2.75, 3.05) is 18.5 Å². The molecule has 0 saturated heterocycles. The first-order valence-electron chi connectivity index (χ1n) is 5.70. The normalized spacial score (nSPS) is 16.4. The molecule has 1 heterocycles. The van der Waals surface area contributed by atoms with Crippen LogP contribution < -0.4 is 10.6 Å². The van der Waals surface area contributed by atoms with Gasteiger partial charge in [-0.2, -0.15) is 0 Å². The molecule has 0 bridgehead atoms. The van der Waals surface area contributed by atoms with Crippen LogP contribution in [-0.2, 0) is 17.6 Å². The van der Waals surface area contributed by atoms with Crippen LogP contribution in [-0.4, -0.2) is 19.5 Å². The average Bonchev–Trinajstić information content (AvgIpc) is 2.54. The standard InChI is InChI=1S/C13H18N2O/c1-9(8-14)5-10-3-4-12-11(6-10)7-13(16)15(12)2/h3-4,6,9H,5,7-8,14H2,1-2H3. The number of carbonyl (C=O) groups excluding carboxylic acids is 1. The van der Waals surface area contributed by atoms with Crippen LogP contribution in [0.5, 0.6) is 0 Å². The lowest BCUT2D eigenvalue weighted by Crippen LogP contribution is -2.20. The van der Waals surface area contributed by atoms with E-state index in [9.17, 15) is 4.79 Å². The van der Waals surface area contributed by atoms with Gasteiger partial charge in [0.25, 0.3) is 0 Å². The minimum atomic E-state index is 0.180. The number of nitrogens with two attached hydrogens (primary N) is 1. The fraction of sp³-hybridized carbons (Fsp3) is 0.462. The number of likely N-dealkylation sites (N-methyl/N-ethyl adjacent to an activating group) is 1. The molecule has 0 fully saturated rings. The summed E-state index contributed by atoms with van der Waals surface area (Å²) in [4.78, 5) is 13.3. The molecular formula is C13H18N2O. The molecule has 1 aliphatic heterocycles. The monoisotopic (exact) mass is 218 g/mol. The Labute approximate surface area is 96.2 Å². The molecular weight excluding hydrogens is 200 g/mol. The molecule has 0 aromatic heterocycles. The average molecular weight is 218 g/mol. The van der Waals surface area contributed by atoms with Gasteiger partial charge in [0.05, 0.1) is 6.42 Å². The molecule has 0 radical (unpaired) electrons. The lowest BCUT2D eigenvalue weighted by Gasteiger charge is -2.12. The van der Waals surface area contributed by atoms with Crippen LogP contribution in [0.25, 0.3) is 0 Å². The third-order valence-corrected chi connectivity index (χ3v) is 3.21. The number of hydrogen-bond acceptors (Lipinski definition) is 2. The molecule has 2 rings (SSSR count). The smallest absolute Gasteiger partial charge is 0.231 e. The number of benzene rings is 1. The maximum Gasteiger partial charge on any atom is 0.231 e. The van der Waals surface area contributed by atoms with Crippen molar-refractivity contribution < 1.29 is 4.79 Å². The maximum atomic E-state index is 11.5. The molecule has 3 nitrogen and oxygen atoms in total. The molecule has 0 aliphatic carbocycles. The number of rotatable bonds is 3. The van der Waals surface area contributed by atoms with Gasteiger partial charge >= 0.3 is 0 Å². The molecule has 1 aromatic rings. The first kappa shape index (κ1) is 11.1. The number of fused-ring (bicyclic) bond motifs is 1. The van der Waals surface area contributed by atoms with Crippen molar-refractivity contribution in [3.8, 4) is 0 Å².